The van der Waals surface area contributed by atoms with E-state index in [0.717, 1.165) is 11.4 Å². The highest BCUT2D eigenvalue weighted by Gasteiger charge is 2.56. The van der Waals surface area contributed by atoms with Crippen molar-refractivity contribution in [2.24, 2.45) is 5.10 Å². The maximum atomic E-state index is 12.1. The number of methoxy groups -OCH3 is 1. The molecule has 25 heavy (non-hydrogen) atoms. The fourth-order valence-electron chi connectivity index (χ4n) is 2.51. The van der Waals surface area contributed by atoms with Gasteiger partial charge >= 0.3 is 5.97 Å². The van der Waals surface area contributed by atoms with Gasteiger partial charge in [0.2, 0.25) is 4.33 Å². The van der Waals surface area contributed by atoms with Gasteiger partial charge in [-0.25, -0.2) is 9.80 Å². The van der Waals surface area contributed by atoms with Gasteiger partial charge in [0.15, 0.2) is 10.8 Å². The van der Waals surface area contributed by atoms with Gasteiger partial charge in [0.25, 0.3) is 0 Å². The summed E-state index contributed by atoms with van der Waals surface area (Å²) in [6, 6.07) is 7.22. The lowest BCUT2D eigenvalue weighted by atomic mass is 10.3. The molecule has 0 amide bonds. The second kappa shape index (κ2) is 6.59. The van der Waals surface area contributed by atoms with E-state index in [0.29, 0.717) is 15.0 Å². The molecule has 0 saturated heterocycles. The summed E-state index contributed by atoms with van der Waals surface area (Å²) in [6.45, 7) is 3.32. The molecule has 0 unspecified atom stereocenters. The Morgan fingerprint density at radius 1 is 1.32 bits per heavy atom. The third-order valence-corrected chi connectivity index (χ3v) is 7.29. The minimum atomic E-state index is -0.820. The van der Waals surface area contributed by atoms with Gasteiger partial charge in [-0.2, -0.15) is 5.10 Å². The van der Waals surface area contributed by atoms with E-state index in [9.17, 15) is 9.59 Å². The van der Waals surface area contributed by atoms with Crippen LogP contribution < -0.4 is 5.01 Å². The average molecular weight is 398 g/mol. The van der Waals surface area contributed by atoms with Gasteiger partial charge in [0, 0.05) is 24.7 Å². The molecule has 0 aliphatic carbocycles. The van der Waals surface area contributed by atoms with Crippen LogP contribution in [0.4, 0.5) is 5.69 Å². The summed E-state index contributed by atoms with van der Waals surface area (Å²) in [6.07, 6.45) is 0. The molecular formula is C16H16ClN3O3S2. The molecule has 1 aromatic carbocycles. The molecule has 0 N–H and O–H groups in total. The number of halogens is 1. The van der Waals surface area contributed by atoms with Gasteiger partial charge in [0.1, 0.15) is 4.91 Å². The van der Waals surface area contributed by atoms with E-state index in [1.165, 1.54) is 37.6 Å². The van der Waals surface area contributed by atoms with Gasteiger partial charge in [-0.1, -0.05) is 29.4 Å². The van der Waals surface area contributed by atoms with Gasteiger partial charge in [0.05, 0.1) is 12.8 Å². The zero-order valence-electron chi connectivity index (χ0n) is 14.1. The minimum absolute atomic E-state index is 0.132. The van der Waals surface area contributed by atoms with Crippen LogP contribution in [0.5, 0.6) is 0 Å². The van der Waals surface area contributed by atoms with Crippen molar-refractivity contribution >= 4 is 57.6 Å². The molecule has 2 aliphatic heterocycles. The number of hydrogen-bond donors (Lipinski definition) is 0. The number of ketones is 1. The number of carbonyl (C=O) groups is 2. The van der Waals surface area contributed by atoms with Crippen molar-refractivity contribution in [1.82, 2.24) is 4.90 Å². The third-order valence-electron chi connectivity index (χ3n) is 3.90. The molecule has 6 nitrogen and oxygen atoms in total. The Labute approximate surface area is 159 Å². The van der Waals surface area contributed by atoms with Crippen molar-refractivity contribution in [1.29, 1.82) is 0 Å². The van der Waals surface area contributed by atoms with Crippen molar-refractivity contribution in [2.45, 2.75) is 18.2 Å². The molecule has 1 spiro atoms. The number of thioether (sulfide) groups is 2. The van der Waals surface area contributed by atoms with Gasteiger partial charge < -0.3 is 9.64 Å². The molecule has 2 heterocycles. The number of Topliss-reactive ketones (excluding diaryl/α,β-unsaturated/α-hetero) is 1. The molecule has 132 valence electrons. The minimum Gasteiger partial charge on any atom is -0.465 e. The van der Waals surface area contributed by atoms with E-state index in [1.54, 1.807) is 17.1 Å². The van der Waals surface area contributed by atoms with Gasteiger partial charge in [-0.05, 0) is 36.9 Å². The van der Waals surface area contributed by atoms with Crippen molar-refractivity contribution in [3.05, 3.63) is 39.9 Å². The maximum Gasteiger partial charge on any atom is 0.346 e. The number of ether oxygens (including phenoxy) is 1. The van der Waals surface area contributed by atoms with E-state index in [-0.39, 0.29) is 5.78 Å². The fraction of sp³-hybridized carbons (Fsp3) is 0.312. The van der Waals surface area contributed by atoms with Gasteiger partial charge in [-0.3, -0.25) is 4.79 Å². The normalized spacial score (nSPS) is 22.7. The number of rotatable bonds is 3. The molecular weight excluding hydrogens is 382 g/mol. The number of nitrogens with zero attached hydrogens (tertiary/aromatic N) is 3. The Balaban J connectivity index is 2.08. The number of hydrogen-bond acceptors (Lipinski definition) is 8. The number of anilines is 1. The Hall–Kier alpha value is -1.64. The largest absolute Gasteiger partial charge is 0.465 e. The number of benzene rings is 1. The molecule has 0 saturated carbocycles. The lowest BCUT2D eigenvalue weighted by Crippen LogP contribution is -2.47. The van der Waals surface area contributed by atoms with Crippen LogP contribution in [0, 0.1) is 0 Å². The van der Waals surface area contributed by atoms with Crippen LogP contribution in [0.15, 0.2) is 40.0 Å². The smallest absolute Gasteiger partial charge is 0.346 e. The average Bonchev–Trinajstić information content (AvgIpc) is 3.09. The molecule has 1 aromatic rings. The molecule has 0 aromatic heterocycles. The second-order valence-electron chi connectivity index (χ2n) is 5.47. The van der Waals surface area contributed by atoms with E-state index < -0.39 is 10.3 Å². The highest BCUT2D eigenvalue weighted by molar-refractivity contribution is 8.28. The summed E-state index contributed by atoms with van der Waals surface area (Å²) in [4.78, 5) is 26.5. The van der Waals surface area contributed by atoms with Crippen LogP contribution in [-0.4, -0.2) is 40.2 Å². The Kier molecular flexibility index (Phi) is 4.78. The zero-order chi connectivity index (χ0) is 18.4. The quantitative estimate of drug-likeness (QED) is 0.723. The van der Waals surface area contributed by atoms with E-state index in [1.807, 2.05) is 31.0 Å². The Morgan fingerprint density at radius 3 is 2.64 bits per heavy atom. The van der Waals surface area contributed by atoms with Crippen LogP contribution in [0.2, 0.25) is 5.02 Å². The Morgan fingerprint density at radius 2 is 2.04 bits per heavy atom. The maximum absolute atomic E-state index is 12.1. The molecule has 0 bridgehead atoms. The molecule has 2 aliphatic rings. The first-order chi connectivity index (χ1) is 11.8. The summed E-state index contributed by atoms with van der Waals surface area (Å²) in [7, 11) is 3.21. The summed E-state index contributed by atoms with van der Waals surface area (Å²) in [5.41, 5.74) is 1.49. The van der Waals surface area contributed by atoms with Crippen molar-refractivity contribution < 1.29 is 14.3 Å². The second-order valence-corrected chi connectivity index (χ2v) is 8.51. The van der Waals surface area contributed by atoms with Crippen LogP contribution >= 0.6 is 35.1 Å². The lowest BCUT2D eigenvalue weighted by molar-refractivity contribution is -0.135. The molecule has 0 radical (unpaired) electrons. The van der Waals surface area contributed by atoms with E-state index in [4.69, 9.17) is 16.3 Å². The summed E-state index contributed by atoms with van der Waals surface area (Å²) >= 11 is 8.74. The standard InChI is InChI=1S/C16H16ClN3O3S2/c1-9-13(15(22)23-4)24-16(19(9)3)20(18-14(25-16)10(2)21)12-7-5-6-11(17)8-12/h5-8H,1-4H3/t16-/m1/s1. The highest BCUT2D eigenvalue weighted by Crippen LogP contribution is 2.58. The summed E-state index contributed by atoms with van der Waals surface area (Å²) < 4.78 is 4.07. The molecule has 3 rings (SSSR count). The van der Waals surface area contributed by atoms with Crippen LogP contribution in [0.1, 0.15) is 13.8 Å². The fourth-order valence-corrected chi connectivity index (χ4v) is 5.60. The molecule has 1 atom stereocenters. The van der Waals surface area contributed by atoms with Crippen molar-refractivity contribution in [3.63, 3.8) is 0 Å². The number of esters is 1. The van der Waals surface area contributed by atoms with Crippen LogP contribution in [0.3, 0.4) is 0 Å². The number of allylic oxidation sites excluding steroid dienone is 1. The third kappa shape index (κ3) is 2.92. The van der Waals surface area contributed by atoms with E-state index in [2.05, 4.69) is 5.10 Å². The summed E-state index contributed by atoms with van der Waals surface area (Å²) in [5, 5.41) is 7.16. The van der Waals surface area contributed by atoms with Crippen LogP contribution in [-0.2, 0) is 14.3 Å². The lowest BCUT2D eigenvalue weighted by Gasteiger charge is -2.39. The first-order valence-corrected chi connectivity index (χ1v) is 9.37. The number of carbonyl (C=O) groups excluding carboxylic acids is 2. The summed E-state index contributed by atoms with van der Waals surface area (Å²) in [5.74, 6) is -0.541. The monoisotopic (exact) mass is 397 g/mol. The topological polar surface area (TPSA) is 62.2 Å². The van der Waals surface area contributed by atoms with Crippen molar-refractivity contribution in [3.8, 4) is 0 Å². The molecule has 9 heteroatoms. The van der Waals surface area contributed by atoms with E-state index >= 15 is 0 Å². The Bertz CT molecular complexity index is 827. The van der Waals surface area contributed by atoms with Gasteiger partial charge in [-0.15, -0.1) is 0 Å². The molecule has 0 fully saturated rings. The highest BCUT2D eigenvalue weighted by atomic mass is 35.5. The predicted molar refractivity (Wildman–Crippen MR) is 102 cm³/mol. The zero-order valence-corrected chi connectivity index (χ0v) is 16.5. The van der Waals surface area contributed by atoms with Crippen LogP contribution in [0.25, 0.3) is 0 Å². The predicted octanol–water partition coefficient (Wildman–Crippen LogP) is 3.49. The SMILES string of the molecule is COC(=O)C1=C(C)N(C)[C@]2(SC(C(C)=O)=NN2c2cccc(Cl)c2)S1. The van der Waals surface area contributed by atoms with Crippen molar-refractivity contribution in [2.75, 3.05) is 19.2 Å². The first kappa shape index (κ1) is 18.2. The first-order valence-electron chi connectivity index (χ1n) is 7.36. The number of hydrazone groups is 1.